The fourth-order valence-electron chi connectivity index (χ4n) is 4.14. The van der Waals surface area contributed by atoms with E-state index in [0.717, 1.165) is 33.5 Å². The molecular weight excluding hydrogens is 410 g/mol. The van der Waals surface area contributed by atoms with Crippen molar-refractivity contribution in [2.24, 2.45) is 0 Å². The lowest BCUT2D eigenvalue weighted by Gasteiger charge is -2.22. The van der Waals surface area contributed by atoms with Gasteiger partial charge in [0, 0.05) is 30.9 Å². The smallest absolute Gasteiger partial charge is 0.245 e. The molecule has 0 saturated carbocycles. The molecule has 1 atom stereocenters. The molecule has 2 aromatic heterocycles. The predicted molar refractivity (Wildman–Crippen MR) is 130 cm³/mol. The molecule has 5 rings (SSSR count). The van der Waals surface area contributed by atoms with E-state index in [1.54, 1.807) is 11.2 Å². The molecule has 0 spiro atoms. The first-order valence-electron chi connectivity index (χ1n) is 11.0. The van der Waals surface area contributed by atoms with Crippen molar-refractivity contribution in [3.63, 3.8) is 0 Å². The number of aromatic nitrogens is 4. The van der Waals surface area contributed by atoms with Crippen LogP contribution >= 0.6 is 0 Å². The standard InChI is InChI=1S/C27H25N5O/c1-20(31-19-28-24-15-9-10-16-25(24)31)27(33)30(2)17-22-18-32(23-13-7-4-8-14-23)29-26(22)21-11-5-3-6-12-21/h3-16,18-20H,17H2,1-2H3. The molecule has 164 valence electrons. The van der Waals surface area contributed by atoms with Gasteiger partial charge < -0.3 is 9.47 Å². The number of nitrogens with zero attached hydrogens (tertiary/aromatic N) is 5. The van der Waals surface area contributed by atoms with Crippen molar-refractivity contribution in [1.82, 2.24) is 24.2 Å². The molecule has 5 aromatic rings. The summed E-state index contributed by atoms with van der Waals surface area (Å²) in [4.78, 5) is 19.6. The topological polar surface area (TPSA) is 56.0 Å². The highest BCUT2D eigenvalue weighted by Gasteiger charge is 2.23. The lowest BCUT2D eigenvalue weighted by molar-refractivity contribution is -0.133. The molecule has 0 bridgehead atoms. The second-order valence-corrected chi connectivity index (χ2v) is 8.16. The Kier molecular flexibility index (Phi) is 5.48. The van der Waals surface area contributed by atoms with Gasteiger partial charge in [0.15, 0.2) is 0 Å². The minimum atomic E-state index is -0.369. The van der Waals surface area contributed by atoms with Crippen LogP contribution in [0.4, 0.5) is 0 Å². The first-order chi connectivity index (χ1) is 16.1. The number of fused-ring (bicyclic) bond motifs is 1. The molecule has 0 aliphatic carbocycles. The summed E-state index contributed by atoms with van der Waals surface area (Å²) in [5.41, 5.74) is 5.71. The molecule has 2 heterocycles. The molecule has 0 N–H and O–H groups in total. The lowest BCUT2D eigenvalue weighted by Crippen LogP contribution is -2.32. The maximum atomic E-state index is 13.4. The number of amides is 1. The summed E-state index contributed by atoms with van der Waals surface area (Å²) in [5.74, 6) is 0.0182. The summed E-state index contributed by atoms with van der Waals surface area (Å²) in [6, 6.07) is 27.6. The summed E-state index contributed by atoms with van der Waals surface area (Å²) in [7, 11) is 1.84. The second kappa shape index (κ2) is 8.74. The van der Waals surface area contributed by atoms with Gasteiger partial charge in [0.25, 0.3) is 0 Å². The van der Waals surface area contributed by atoms with E-state index >= 15 is 0 Å². The number of carbonyl (C=O) groups is 1. The van der Waals surface area contributed by atoms with Gasteiger partial charge >= 0.3 is 0 Å². The SMILES string of the molecule is CC(C(=O)N(C)Cc1cn(-c2ccccc2)nc1-c1ccccc1)n1cnc2ccccc21. The number of rotatable bonds is 6. The van der Waals surface area contributed by atoms with Gasteiger partial charge in [-0.15, -0.1) is 0 Å². The van der Waals surface area contributed by atoms with Gasteiger partial charge in [-0.2, -0.15) is 5.10 Å². The van der Waals surface area contributed by atoms with Gasteiger partial charge in [-0.25, -0.2) is 9.67 Å². The number of imidazole rings is 1. The van der Waals surface area contributed by atoms with E-state index in [0.29, 0.717) is 6.54 Å². The van der Waals surface area contributed by atoms with E-state index in [-0.39, 0.29) is 11.9 Å². The Bertz CT molecular complexity index is 1390. The average Bonchev–Trinajstić information content (AvgIpc) is 3.49. The average molecular weight is 436 g/mol. The molecule has 3 aromatic carbocycles. The maximum absolute atomic E-state index is 13.4. The molecule has 1 amide bonds. The first-order valence-corrected chi connectivity index (χ1v) is 11.0. The maximum Gasteiger partial charge on any atom is 0.245 e. The summed E-state index contributed by atoms with van der Waals surface area (Å²) in [6.45, 7) is 2.37. The van der Waals surface area contributed by atoms with Gasteiger partial charge in [0.2, 0.25) is 5.91 Å². The summed E-state index contributed by atoms with van der Waals surface area (Å²) in [6.07, 6.45) is 3.75. The van der Waals surface area contributed by atoms with E-state index in [4.69, 9.17) is 5.10 Å². The van der Waals surface area contributed by atoms with Crippen LogP contribution in [0.3, 0.4) is 0 Å². The highest BCUT2D eigenvalue weighted by atomic mass is 16.2. The number of benzene rings is 3. The summed E-state index contributed by atoms with van der Waals surface area (Å²) >= 11 is 0. The van der Waals surface area contributed by atoms with Crippen molar-refractivity contribution in [1.29, 1.82) is 0 Å². The van der Waals surface area contributed by atoms with Crippen molar-refractivity contribution < 1.29 is 4.79 Å². The summed E-state index contributed by atoms with van der Waals surface area (Å²) < 4.78 is 3.81. The van der Waals surface area contributed by atoms with Gasteiger partial charge in [-0.1, -0.05) is 60.7 Å². The van der Waals surface area contributed by atoms with Crippen LogP contribution in [0.15, 0.2) is 97.5 Å². The lowest BCUT2D eigenvalue weighted by atomic mass is 10.1. The van der Waals surface area contributed by atoms with Crippen molar-refractivity contribution in [2.45, 2.75) is 19.5 Å². The van der Waals surface area contributed by atoms with Crippen molar-refractivity contribution >= 4 is 16.9 Å². The number of likely N-dealkylation sites (N-methyl/N-ethyl adjacent to an activating group) is 1. The van der Waals surface area contributed by atoms with Crippen LogP contribution < -0.4 is 0 Å². The van der Waals surface area contributed by atoms with Crippen LogP contribution in [0, 0.1) is 0 Å². The number of carbonyl (C=O) groups excluding carboxylic acids is 1. The normalized spacial score (nSPS) is 12.1. The first kappa shape index (κ1) is 20.7. The Labute approximate surface area is 192 Å². The van der Waals surface area contributed by atoms with E-state index < -0.39 is 0 Å². The minimum absolute atomic E-state index is 0.0182. The van der Waals surface area contributed by atoms with Crippen molar-refractivity contribution in [3.05, 3.63) is 103 Å². The van der Waals surface area contributed by atoms with Crippen LogP contribution in [0.1, 0.15) is 18.5 Å². The Morgan fingerprint density at radius 2 is 1.61 bits per heavy atom. The molecule has 6 heteroatoms. The third-order valence-electron chi connectivity index (χ3n) is 5.90. The summed E-state index contributed by atoms with van der Waals surface area (Å²) in [5, 5.41) is 4.86. The molecule has 0 aliphatic rings. The van der Waals surface area contributed by atoms with Crippen LogP contribution in [-0.2, 0) is 11.3 Å². The zero-order valence-electron chi connectivity index (χ0n) is 18.7. The molecule has 1 unspecified atom stereocenters. The molecule has 33 heavy (non-hydrogen) atoms. The Hall–Kier alpha value is -4.19. The van der Waals surface area contributed by atoms with E-state index in [2.05, 4.69) is 4.98 Å². The van der Waals surface area contributed by atoms with Crippen LogP contribution in [-0.4, -0.2) is 37.2 Å². The quantitative estimate of drug-likeness (QED) is 0.372. The Balaban J connectivity index is 1.45. The van der Waals surface area contributed by atoms with Crippen molar-refractivity contribution in [2.75, 3.05) is 7.05 Å². The van der Waals surface area contributed by atoms with Crippen molar-refractivity contribution in [3.8, 4) is 16.9 Å². The second-order valence-electron chi connectivity index (χ2n) is 8.16. The third kappa shape index (κ3) is 4.03. The Morgan fingerprint density at radius 3 is 2.36 bits per heavy atom. The molecule has 6 nitrogen and oxygen atoms in total. The number of hydrogen-bond acceptors (Lipinski definition) is 3. The van der Waals surface area contributed by atoms with Crippen LogP contribution in [0.2, 0.25) is 0 Å². The zero-order chi connectivity index (χ0) is 22.8. The van der Waals surface area contributed by atoms with Crippen LogP contribution in [0.5, 0.6) is 0 Å². The minimum Gasteiger partial charge on any atom is -0.339 e. The van der Waals surface area contributed by atoms with E-state index in [1.807, 2.05) is 114 Å². The third-order valence-corrected chi connectivity index (χ3v) is 5.90. The van der Waals surface area contributed by atoms with E-state index in [9.17, 15) is 4.79 Å². The molecule has 0 saturated heterocycles. The van der Waals surface area contributed by atoms with Gasteiger partial charge in [-0.05, 0) is 31.2 Å². The largest absolute Gasteiger partial charge is 0.339 e. The van der Waals surface area contributed by atoms with Gasteiger partial charge in [0.05, 0.1) is 28.7 Å². The van der Waals surface area contributed by atoms with Gasteiger partial charge in [-0.3, -0.25) is 4.79 Å². The fourth-order valence-corrected chi connectivity index (χ4v) is 4.14. The highest BCUT2D eigenvalue weighted by Crippen LogP contribution is 2.26. The van der Waals surface area contributed by atoms with Gasteiger partial charge in [0.1, 0.15) is 6.04 Å². The fraction of sp³-hybridized carbons (Fsp3) is 0.148. The highest BCUT2D eigenvalue weighted by molar-refractivity contribution is 5.83. The van der Waals surface area contributed by atoms with E-state index in [1.165, 1.54) is 0 Å². The van der Waals surface area contributed by atoms with Crippen LogP contribution in [0.25, 0.3) is 28.0 Å². The molecule has 0 radical (unpaired) electrons. The predicted octanol–water partition coefficient (Wildman–Crippen LogP) is 5.11. The Morgan fingerprint density at radius 1 is 0.939 bits per heavy atom. The molecule has 0 aliphatic heterocycles. The monoisotopic (exact) mass is 435 g/mol. The zero-order valence-corrected chi connectivity index (χ0v) is 18.7. The molecule has 0 fully saturated rings. The molecular formula is C27H25N5O. The number of para-hydroxylation sites is 3. The number of hydrogen-bond donors (Lipinski definition) is 0.